The Labute approximate surface area is 99.0 Å². The van der Waals surface area contributed by atoms with Crippen molar-refractivity contribution in [2.24, 2.45) is 0 Å². The van der Waals surface area contributed by atoms with E-state index in [-0.39, 0.29) is 5.56 Å². The summed E-state index contributed by atoms with van der Waals surface area (Å²) in [6, 6.07) is 4.44. The number of anilines is 1. The standard InChI is InChI=1S/C10H12N2O4S/c1-7-2-3-8(10(13)14)6-9(7)12-5-4-11-17(12,15)16/h2-3,6,11H,4-5H2,1H3,(H,13,14). The Hall–Kier alpha value is -1.60. The highest BCUT2D eigenvalue weighted by atomic mass is 32.2. The molecule has 0 bridgehead atoms. The van der Waals surface area contributed by atoms with E-state index in [9.17, 15) is 13.2 Å². The predicted octanol–water partition coefficient (Wildman–Crippen LogP) is 0.348. The second-order valence-electron chi connectivity index (χ2n) is 3.78. The van der Waals surface area contributed by atoms with Crippen molar-refractivity contribution in [1.29, 1.82) is 0 Å². The average molecular weight is 256 g/mol. The molecule has 1 fully saturated rings. The quantitative estimate of drug-likeness (QED) is 0.799. The molecule has 2 N–H and O–H groups in total. The van der Waals surface area contributed by atoms with Crippen molar-refractivity contribution in [2.45, 2.75) is 6.92 Å². The Balaban J connectivity index is 2.51. The van der Waals surface area contributed by atoms with Crippen molar-refractivity contribution in [3.8, 4) is 0 Å². The van der Waals surface area contributed by atoms with Crippen molar-refractivity contribution >= 4 is 21.9 Å². The van der Waals surface area contributed by atoms with E-state index < -0.39 is 16.2 Å². The molecule has 0 aliphatic carbocycles. The smallest absolute Gasteiger partial charge is 0.335 e. The van der Waals surface area contributed by atoms with Crippen LogP contribution >= 0.6 is 0 Å². The lowest BCUT2D eigenvalue weighted by Crippen LogP contribution is -2.30. The zero-order chi connectivity index (χ0) is 12.6. The lowest BCUT2D eigenvalue weighted by Gasteiger charge is -2.18. The summed E-state index contributed by atoms with van der Waals surface area (Å²) in [6.45, 7) is 2.39. The fraction of sp³-hybridized carbons (Fsp3) is 0.300. The first kappa shape index (κ1) is 11.9. The number of carboxylic acid groups (broad SMARTS) is 1. The van der Waals surface area contributed by atoms with E-state index in [0.717, 1.165) is 5.56 Å². The van der Waals surface area contributed by atoms with Gasteiger partial charge in [0.1, 0.15) is 0 Å². The number of carboxylic acids is 1. The van der Waals surface area contributed by atoms with Crippen LogP contribution in [0, 0.1) is 6.92 Å². The number of hydrogen-bond acceptors (Lipinski definition) is 3. The van der Waals surface area contributed by atoms with Gasteiger partial charge in [0.2, 0.25) is 0 Å². The van der Waals surface area contributed by atoms with Crippen molar-refractivity contribution in [3.05, 3.63) is 29.3 Å². The van der Waals surface area contributed by atoms with Gasteiger partial charge in [-0.05, 0) is 24.6 Å². The van der Waals surface area contributed by atoms with Crippen LogP contribution in [0.2, 0.25) is 0 Å². The van der Waals surface area contributed by atoms with Gasteiger partial charge in [-0.3, -0.25) is 4.31 Å². The summed E-state index contributed by atoms with van der Waals surface area (Å²) >= 11 is 0. The Morgan fingerprint density at radius 2 is 2.18 bits per heavy atom. The minimum absolute atomic E-state index is 0.0766. The number of benzene rings is 1. The molecule has 1 aromatic rings. The van der Waals surface area contributed by atoms with Gasteiger partial charge in [0, 0.05) is 13.1 Å². The summed E-state index contributed by atoms with van der Waals surface area (Å²) < 4.78 is 26.9. The maximum absolute atomic E-state index is 11.7. The highest BCUT2D eigenvalue weighted by Crippen LogP contribution is 2.25. The summed E-state index contributed by atoms with van der Waals surface area (Å²) in [6.07, 6.45) is 0. The molecule has 6 nitrogen and oxygen atoms in total. The number of nitrogens with one attached hydrogen (secondary N) is 1. The number of hydrogen-bond donors (Lipinski definition) is 2. The number of aromatic carboxylic acids is 1. The Morgan fingerprint density at radius 3 is 2.71 bits per heavy atom. The van der Waals surface area contributed by atoms with Crippen LogP contribution in [-0.4, -0.2) is 32.6 Å². The SMILES string of the molecule is Cc1ccc(C(=O)O)cc1N1CCNS1(=O)=O. The first-order valence-electron chi connectivity index (χ1n) is 5.03. The molecule has 0 unspecified atom stereocenters. The first-order valence-corrected chi connectivity index (χ1v) is 6.47. The van der Waals surface area contributed by atoms with Crippen LogP contribution in [-0.2, 0) is 10.2 Å². The van der Waals surface area contributed by atoms with E-state index in [1.165, 1.54) is 16.4 Å². The van der Waals surface area contributed by atoms with Gasteiger partial charge in [0.15, 0.2) is 0 Å². The van der Waals surface area contributed by atoms with E-state index in [0.29, 0.717) is 18.8 Å². The topological polar surface area (TPSA) is 86.7 Å². The van der Waals surface area contributed by atoms with Gasteiger partial charge in [0.05, 0.1) is 11.3 Å². The van der Waals surface area contributed by atoms with Crippen molar-refractivity contribution in [3.63, 3.8) is 0 Å². The molecule has 1 aromatic carbocycles. The lowest BCUT2D eigenvalue weighted by atomic mass is 10.1. The van der Waals surface area contributed by atoms with E-state index in [2.05, 4.69) is 4.72 Å². The van der Waals surface area contributed by atoms with Gasteiger partial charge >= 0.3 is 16.2 Å². The maximum atomic E-state index is 11.7. The molecule has 2 rings (SSSR count). The van der Waals surface area contributed by atoms with Gasteiger partial charge in [0.25, 0.3) is 0 Å². The third-order valence-electron chi connectivity index (χ3n) is 2.61. The van der Waals surface area contributed by atoms with Gasteiger partial charge in [-0.2, -0.15) is 13.1 Å². The largest absolute Gasteiger partial charge is 0.478 e. The predicted molar refractivity (Wildman–Crippen MR) is 62.4 cm³/mol. The molecule has 0 aromatic heterocycles. The van der Waals surface area contributed by atoms with Gasteiger partial charge in [-0.25, -0.2) is 4.79 Å². The minimum atomic E-state index is -3.51. The average Bonchev–Trinajstić information content (AvgIpc) is 2.58. The second kappa shape index (κ2) is 4.01. The molecular formula is C10H12N2O4S. The van der Waals surface area contributed by atoms with Crippen molar-refractivity contribution in [2.75, 3.05) is 17.4 Å². The highest BCUT2D eigenvalue weighted by molar-refractivity contribution is 7.91. The van der Waals surface area contributed by atoms with Crippen LogP contribution in [0.4, 0.5) is 5.69 Å². The highest BCUT2D eigenvalue weighted by Gasteiger charge is 2.29. The molecule has 0 atom stereocenters. The molecule has 0 amide bonds. The summed E-state index contributed by atoms with van der Waals surface area (Å²) in [5.41, 5.74) is 1.21. The molecule has 0 spiro atoms. The summed E-state index contributed by atoms with van der Waals surface area (Å²) in [4.78, 5) is 10.9. The molecule has 7 heteroatoms. The second-order valence-corrected chi connectivity index (χ2v) is 5.46. The normalized spacial score (nSPS) is 18.3. The van der Waals surface area contributed by atoms with E-state index in [1.807, 2.05) is 0 Å². The summed E-state index contributed by atoms with van der Waals surface area (Å²) in [5.74, 6) is -1.07. The van der Waals surface area contributed by atoms with Crippen molar-refractivity contribution < 1.29 is 18.3 Å². The van der Waals surface area contributed by atoms with Gasteiger partial charge in [-0.1, -0.05) is 6.07 Å². The lowest BCUT2D eigenvalue weighted by molar-refractivity contribution is 0.0697. The number of aryl methyl sites for hydroxylation is 1. The number of nitrogens with zero attached hydrogens (tertiary/aromatic N) is 1. The van der Waals surface area contributed by atoms with Gasteiger partial charge < -0.3 is 5.11 Å². The molecule has 1 heterocycles. The van der Waals surface area contributed by atoms with Crippen LogP contribution in [0.1, 0.15) is 15.9 Å². The van der Waals surface area contributed by atoms with E-state index >= 15 is 0 Å². The first-order chi connectivity index (χ1) is 7.92. The Morgan fingerprint density at radius 1 is 1.47 bits per heavy atom. The Kier molecular flexibility index (Phi) is 2.80. The molecule has 17 heavy (non-hydrogen) atoms. The third kappa shape index (κ3) is 2.11. The molecule has 1 saturated heterocycles. The minimum Gasteiger partial charge on any atom is -0.478 e. The fourth-order valence-corrected chi connectivity index (χ4v) is 3.03. The molecule has 0 radical (unpaired) electrons. The third-order valence-corrected chi connectivity index (χ3v) is 4.14. The fourth-order valence-electron chi connectivity index (χ4n) is 1.74. The summed E-state index contributed by atoms with van der Waals surface area (Å²) in [7, 11) is -3.51. The van der Waals surface area contributed by atoms with Crippen LogP contribution in [0.25, 0.3) is 0 Å². The zero-order valence-electron chi connectivity index (χ0n) is 9.17. The van der Waals surface area contributed by atoms with Crippen LogP contribution in [0.5, 0.6) is 0 Å². The van der Waals surface area contributed by atoms with Gasteiger partial charge in [-0.15, -0.1) is 0 Å². The molecule has 0 saturated carbocycles. The number of rotatable bonds is 2. The van der Waals surface area contributed by atoms with E-state index in [4.69, 9.17) is 5.11 Å². The maximum Gasteiger partial charge on any atom is 0.335 e. The van der Waals surface area contributed by atoms with Crippen LogP contribution < -0.4 is 9.03 Å². The van der Waals surface area contributed by atoms with Crippen LogP contribution in [0.3, 0.4) is 0 Å². The van der Waals surface area contributed by atoms with E-state index in [1.54, 1.807) is 13.0 Å². The molecule has 1 aliphatic heterocycles. The van der Waals surface area contributed by atoms with Crippen molar-refractivity contribution in [1.82, 2.24) is 4.72 Å². The number of carbonyl (C=O) groups is 1. The zero-order valence-corrected chi connectivity index (χ0v) is 9.99. The molecule has 1 aliphatic rings. The van der Waals surface area contributed by atoms with Crippen LogP contribution in [0.15, 0.2) is 18.2 Å². The summed E-state index contributed by atoms with van der Waals surface area (Å²) in [5, 5.41) is 8.89. The Bertz CT molecular complexity index is 568. The molecule has 92 valence electrons. The monoisotopic (exact) mass is 256 g/mol. The molecular weight excluding hydrogens is 244 g/mol.